The van der Waals surface area contributed by atoms with Crippen molar-refractivity contribution >= 4 is 17.5 Å². The van der Waals surface area contributed by atoms with Gasteiger partial charge < -0.3 is 4.52 Å². The van der Waals surface area contributed by atoms with E-state index in [0.29, 0.717) is 73.2 Å². The van der Waals surface area contributed by atoms with Gasteiger partial charge in [-0.25, -0.2) is 4.68 Å². The van der Waals surface area contributed by atoms with Gasteiger partial charge in [-0.15, -0.1) is 0 Å². The van der Waals surface area contributed by atoms with Gasteiger partial charge >= 0.3 is 0 Å². The molecular formula is C28H31N3O4. The lowest BCUT2D eigenvalue weighted by Crippen LogP contribution is -2.29. The quantitative estimate of drug-likeness (QED) is 0.490. The Morgan fingerprint density at radius 2 is 1.77 bits per heavy atom. The number of nitrogens with zero attached hydrogens (tertiary/aromatic N) is 3. The minimum Gasteiger partial charge on any atom is -0.360 e. The van der Waals surface area contributed by atoms with Crippen LogP contribution >= 0.6 is 0 Å². The van der Waals surface area contributed by atoms with Crippen molar-refractivity contribution in [1.29, 1.82) is 0 Å². The number of aromatic nitrogens is 3. The lowest BCUT2D eigenvalue weighted by atomic mass is 9.75. The Hall–Kier alpha value is -3.35. The lowest BCUT2D eigenvalue weighted by molar-refractivity contribution is 0.0870. The zero-order valence-electron chi connectivity index (χ0n) is 20.6. The molecule has 182 valence electrons. The van der Waals surface area contributed by atoms with Gasteiger partial charge in [0.2, 0.25) is 5.91 Å². The van der Waals surface area contributed by atoms with Crippen molar-refractivity contribution in [2.75, 3.05) is 0 Å². The summed E-state index contributed by atoms with van der Waals surface area (Å²) < 4.78 is 7.08. The third-order valence-corrected chi connectivity index (χ3v) is 7.16. The Morgan fingerprint density at radius 1 is 1.03 bits per heavy atom. The summed E-state index contributed by atoms with van der Waals surface area (Å²) in [5.41, 5.74) is 4.04. The Labute approximate surface area is 204 Å². The summed E-state index contributed by atoms with van der Waals surface area (Å²) in [5.74, 6) is 0.714. The number of hydrogen-bond donors (Lipinski definition) is 0. The molecule has 0 fully saturated rings. The smallest absolute Gasteiger partial charge is 0.247 e. The highest BCUT2D eigenvalue weighted by atomic mass is 16.5. The summed E-state index contributed by atoms with van der Waals surface area (Å²) >= 11 is 0. The molecule has 0 N–H and O–H groups in total. The maximum atomic E-state index is 13.1. The molecule has 1 unspecified atom stereocenters. The zero-order chi connectivity index (χ0) is 24.7. The van der Waals surface area contributed by atoms with E-state index in [1.165, 1.54) is 4.68 Å². The number of aryl methyl sites for hydroxylation is 2. The van der Waals surface area contributed by atoms with E-state index in [0.717, 1.165) is 17.7 Å². The normalized spacial score (nSPS) is 18.9. The van der Waals surface area contributed by atoms with E-state index in [1.54, 1.807) is 0 Å². The van der Waals surface area contributed by atoms with Crippen molar-refractivity contribution < 1.29 is 18.9 Å². The lowest BCUT2D eigenvalue weighted by Gasteiger charge is -2.29. The molecule has 3 aromatic rings. The molecule has 0 amide bonds. The second kappa shape index (κ2) is 9.02. The van der Waals surface area contributed by atoms with Crippen LogP contribution in [0.1, 0.15) is 106 Å². The van der Waals surface area contributed by atoms with E-state index in [4.69, 9.17) is 4.52 Å². The summed E-state index contributed by atoms with van der Waals surface area (Å²) in [6.45, 7) is 6.05. The van der Waals surface area contributed by atoms with Crippen LogP contribution in [0, 0.1) is 5.41 Å². The molecule has 5 rings (SSSR count). The van der Waals surface area contributed by atoms with E-state index >= 15 is 0 Å². The fourth-order valence-corrected chi connectivity index (χ4v) is 5.54. The summed E-state index contributed by atoms with van der Waals surface area (Å²) in [5, 5.41) is 8.85. The first-order valence-electron chi connectivity index (χ1n) is 12.5. The molecule has 2 aliphatic rings. The highest BCUT2D eigenvalue weighted by Crippen LogP contribution is 2.38. The van der Waals surface area contributed by atoms with Gasteiger partial charge in [0, 0.05) is 25.7 Å². The van der Waals surface area contributed by atoms with Crippen LogP contribution in [-0.2, 0) is 25.7 Å². The topological polar surface area (TPSA) is 95.1 Å². The number of carbonyl (C=O) groups is 3. The largest absolute Gasteiger partial charge is 0.360 e. The van der Waals surface area contributed by atoms with Crippen molar-refractivity contribution in [1.82, 2.24) is 14.9 Å². The fraction of sp³-hybridized carbons (Fsp3) is 0.464. The molecule has 35 heavy (non-hydrogen) atoms. The number of benzene rings is 1. The predicted octanol–water partition coefficient (Wildman–Crippen LogP) is 5.16. The van der Waals surface area contributed by atoms with E-state index < -0.39 is 0 Å². The third kappa shape index (κ3) is 4.40. The first-order chi connectivity index (χ1) is 16.8. The summed E-state index contributed by atoms with van der Waals surface area (Å²) in [6.07, 6.45) is 4.09. The van der Waals surface area contributed by atoms with Crippen LogP contribution < -0.4 is 0 Å². The van der Waals surface area contributed by atoms with Crippen LogP contribution in [0.2, 0.25) is 0 Å². The van der Waals surface area contributed by atoms with Crippen LogP contribution in [0.25, 0.3) is 0 Å². The number of carbonyl (C=O) groups excluding carboxylic acids is 3. The second-order valence-corrected chi connectivity index (χ2v) is 10.6. The maximum Gasteiger partial charge on any atom is 0.247 e. The molecule has 7 heteroatoms. The Bertz CT molecular complexity index is 1300. The highest BCUT2D eigenvalue weighted by molar-refractivity contribution is 6.01. The van der Waals surface area contributed by atoms with Crippen LogP contribution in [0.3, 0.4) is 0 Å². The van der Waals surface area contributed by atoms with Gasteiger partial charge in [-0.1, -0.05) is 56.3 Å². The van der Waals surface area contributed by atoms with E-state index in [9.17, 15) is 14.4 Å². The third-order valence-electron chi connectivity index (χ3n) is 7.16. The number of fused-ring (bicyclic) bond motifs is 2. The molecule has 2 aromatic heterocycles. The molecule has 0 spiro atoms. The second-order valence-electron chi connectivity index (χ2n) is 10.6. The van der Waals surface area contributed by atoms with Crippen molar-refractivity contribution in [2.45, 2.75) is 78.1 Å². The Morgan fingerprint density at radius 3 is 2.51 bits per heavy atom. The first-order valence-corrected chi connectivity index (χ1v) is 12.5. The van der Waals surface area contributed by atoms with Crippen molar-refractivity contribution in [3.05, 3.63) is 69.9 Å². The van der Waals surface area contributed by atoms with Gasteiger partial charge in [0.05, 0.1) is 28.2 Å². The predicted molar refractivity (Wildman–Crippen MR) is 130 cm³/mol. The van der Waals surface area contributed by atoms with Crippen LogP contribution in [-0.4, -0.2) is 32.4 Å². The van der Waals surface area contributed by atoms with Crippen LogP contribution in [0.15, 0.2) is 34.9 Å². The van der Waals surface area contributed by atoms with Gasteiger partial charge in [0.25, 0.3) is 0 Å². The first kappa shape index (κ1) is 23.4. The summed E-state index contributed by atoms with van der Waals surface area (Å²) in [6, 6.07) is 10.0. The molecule has 0 saturated carbocycles. The van der Waals surface area contributed by atoms with Crippen molar-refractivity contribution in [3.8, 4) is 0 Å². The average Bonchev–Trinajstić information content (AvgIpc) is 3.39. The minimum absolute atomic E-state index is 0.0331. The van der Waals surface area contributed by atoms with Gasteiger partial charge in [0.15, 0.2) is 11.6 Å². The average molecular weight is 474 g/mol. The Balaban J connectivity index is 1.41. The monoisotopic (exact) mass is 473 g/mol. The number of rotatable bonds is 6. The molecule has 1 atom stereocenters. The molecule has 0 radical (unpaired) electrons. The summed E-state index contributed by atoms with van der Waals surface area (Å²) in [7, 11) is 0. The van der Waals surface area contributed by atoms with Gasteiger partial charge in [-0.3, -0.25) is 14.4 Å². The van der Waals surface area contributed by atoms with Gasteiger partial charge in [-0.2, -0.15) is 5.10 Å². The van der Waals surface area contributed by atoms with Crippen LogP contribution in [0.4, 0.5) is 0 Å². The van der Waals surface area contributed by atoms with Crippen LogP contribution in [0.5, 0.6) is 0 Å². The SMILES string of the molecule is CCCC(=O)n1nc(CCc2noc3c2C(=O)CC(c2ccccc2)C3)c2c1CC(C)(C)CC2=O. The summed E-state index contributed by atoms with van der Waals surface area (Å²) in [4.78, 5) is 38.9. The molecule has 7 nitrogen and oxygen atoms in total. The fourth-order valence-electron chi connectivity index (χ4n) is 5.54. The van der Waals surface area contributed by atoms with Gasteiger partial charge in [-0.05, 0) is 42.6 Å². The van der Waals surface area contributed by atoms with E-state index in [1.807, 2.05) is 51.1 Å². The standard InChI is InChI=1S/C28H31N3O4/c1-4-8-25(34)31-21-15-28(2,3)16-23(33)26(21)19(29-31)11-12-20-27-22(32)13-18(14-24(27)35-30-20)17-9-6-5-7-10-17/h5-7,9-10,18H,4,8,11-16H2,1-3H3. The van der Waals surface area contributed by atoms with E-state index in [2.05, 4.69) is 10.3 Å². The number of hydrogen-bond acceptors (Lipinski definition) is 6. The number of Topliss-reactive ketones (excluding diaryl/α,β-unsaturated/α-hetero) is 2. The molecule has 0 bridgehead atoms. The molecular weight excluding hydrogens is 442 g/mol. The maximum absolute atomic E-state index is 13.1. The zero-order valence-corrected chi connectivity index (χ0v) is 20.6. The Kier molecular flexibility index (Phi) is 6.03. The molecule has 2 heterocycles. The highest BCUT2D eigenvalue weighted by Gasteiger charge is 2.38. The van der Waals surface area contributed by atoms with Crippen molar-refractivity contribution in [2.24, 2.45) is 5.41 Å². The number of ketones is 2. The van der Waals surface area contributed by atoms with Crippen molar-refractivity contribution in [3.63, 3.8) is 0 Å². The van der Waals surface area contributed by atoms with Gasteiger partial charge in [0.1, 0.15) is 5.76 Å². The molecule has 0 aliphatic heterocycles. The molecule has 0 saturated heterocycles. The minimum atomic E-state index is -0.210. The molecule has 2 aliphatic carbocycles. The molecule has 1 aromatic carbocycles. The van der Waals surface area contributed by atoms with E-state index in [-0.39, 0.29) is 28.8 Å².